The van der Waals surface area contributed by atoms with Crippen LogP contribution in [-0.4, -0.2) is 37.2 Å². The number of hydrogen-bond acceptors (Lipinski definition) is 5. The summed E-state index contributed by atoms with van der Waals surface area (Å²) in [5.74, 6) is -1.07. The minimum Gasteiger partial charge on any atom is -0.467 e. The summed E-state index contributed by atoms with van der Waals surface area (Å²) in [4.78, 5) is 38.2. The van der Waals surface area contributed by atoms with Crippen LogP contribution in [0.5, 0.6) is 0 Å². The molecule has 3 aromatic rings. The van der Waals surface area contributed by atoms with Crippen LogP contribution in [0.3, 0.4) is 0 Å². The number of benzene rings is 3. The third-order valence-electron chi connectivity index (χ3n) is 5.43. The SMILES string of the molecule is COC(=O)[C@@H](Cc1cccc(C)c1)NC(=O)[C@H](Cc1ccccc1)NC(=O)OCc1ccccc1. The van der Waals surface area contributed by atoms with Crippen LogP contribution in [-0.2, 0) is 38.5 Å². The van der Waals surface area contributed by atoms with E-state index < -0.39 is 30.1 Å². The van der Waals surface area contributed by atoms with Gasteiger partial charge in [-0.3, -0.25) is 4.79 Å². The molecule has 0 aromatic heterocycles. The van der Waals surface area contributed by atoms with Crippen molar-refractivity contribution in [3.63, 3.8) is 0 Å². The number of carbonyl (C=O) groups is 3. The largest absolute Gasteiger partial charge is 0.467 e. The highest BCUT2D eigenvalue weighted by molar-refractivity contribution is 5.90. The predicted molar refractivity (Wildman–Crippen MR) is 133 cm³/mol. The molecule has 0 fully saturated rings. The van der Waals surface area contributed by atoms with Gasteiger partial charge in [-0.05, 0) is 23.6 Å². The molecule has 7 heteroatoms. The highest BCUT2D eigenvalue weighted by Crippen LogP contribution is 2.10. The van der Waals surface area contributed by atoms with Crippen LogP contribution >= 0.6 is 0 Å². The van der Waals surface area contributed by atoms with Crippen LogP contribution in [0, 0.1) is 6.92 Å². The molecule has 0 spiro atoms. The third kappa shape index (κ3) is 8.30. The number of rotatable bonds is 10. The van der Waals surface area contributed by atoms with Gasteiger partial charge >= 0.3 is 12.1 Å². The lowest BCUT2D eigenvalue weighted by atomic mass is 10.0. The standard InChI is InChI=1S/C28H30N2O5/c1-20-10-9-15-23(16-20)18-25(27(32)34-2)29-26(31)24(17-21-11-5-3-6-12-21)30-28(33)35-19-22-13-7-4-8-14-22/h3-16,24-25H,17-19H2,1-2H3,(H,29,31)(H,30,33)/t24-,25+/m0/s1. The molecular weight excluding hydrogens is 444 g/mol. The molecule has 0 saturated heterocycles. The van der Waals surface area contributed by atoms with Gasteiger partial charge in [0, 0.05) is 12.8 Å². The summed E-state index contributed by atoms with van der Waals surface area (Å²) in [6.07, 6.45) is -0.236. The maximum absolute atomic E-state index is 13.3. The molecule has 182 valence electrons. The van der Waals surface area contributed by atoms with E-state index in [9.17, 15) is 14.4 Å². The minimum atomic E-state index is -0.953. The Kier molecular flexibility index (Phi) is 9.42. The van der Waals surface area contributed by atoms with Gasteiger partial charge in [-0.25, -0.2) is 9.59 Å². The predicted octanol–water partition coefficient (Wildman–Crippen LogP) is 3.73. The van der Waals surface area contributed by atoms with Crippen molar-refractivity contribution < 1.29 is 23.9 Å². The first-order valence-corrected chi connectivity index (χ1v) is 11.4. The topological polar surface area (TPSA) is 93.7 Å². The van der Waals surface area contributed by atoms with E-state index in [2.05, 4.69) is 10.6 Å². The molecule has 2 N–H and O–H groups in total. The molecule has 0 saturated carbocycles. The van der Waals surface area contributed by atoms with Crippen molar-refractivity contribution in [3.8, 4) is 0 Å². The fourth-order valence-corrected chi connectivity index (χ4v) is 3.65. The first kappa shape index (κ1) is 25.5. The highest BCUT2D eigenvalue weighted by atomic mass is 16.5. The van der Waals surface area contributed by atoms with E-state index in [0.29, 0.717) is 0 Å². The molecule has 2 atom stereocenters. The number of amides is 2. The van der Waals surface area contributed by atoms with Crippen LogP contribution in [0.1, 0.15) is 22.3 Å². The molecule has 0 radical (unpaired) electrons. The maximum atomic E-state index is 13.3. The molecule has 3 aromatic carbocycles. The van der Waals surface area contributed by atoms with Crippen LogP contribution in [0.15, 0.2) is 84.9 Å². The number of methoxy groups -OCH3 is 1. The number of nitrogens with one attached hydrogen (secondary N) is 2. The summed E-state index contributed by atoms with van der Waals surface area (Å²) in [5.41, 5.74) is 3.61. The second-order valence-corrected chi connectivity index (χ2v) is 8.23. The molecule has 7 nitrogen and oxygen atoms in total. The summed E-state index contributed by atoms with van der Waals surface area (Å²) in [5, 5.41) is 5.40. The van der Waals surface area contributed by atoms with Crippen molar-refractivity contribution in [2.75, 3.05) is 7.11 Å². The average Bonchev–Trinajstić information content (AvgIpc) is 2.87. The highest BCUT2D eigenvalue weighted by Gasteiger charge is 2.28. The Morgan fingerprint density at radius 3 is 1.97 bits per heavy atom. The molecule has 0 aliphatic rings. The summed E-state index contributed by atoms with van der Waals surface area (Å²) >= 11 is 0. The molecule has 0 bridgehead atoms. The number of alkyl carbamates (subject to hydrolysis) is 1. The Morgan fingerprint density at radius 2 is 1.34 bits per heavy atom. The van der Waals surface area contributed by atoms with E-state index in [1.54, 1.807) is 0 Å². The Morgan fingerprint density at radius 1 is 0.743 bits per heavy atom. The monoisotopic (exact) mass is 474 g/mol. The third-order valence-corrected chi connectivity index (χ3v) is 5.43. The van der Waals surface area contributed by atoms with Crippen LogP contribution < -0.4 is 10.6 Å². The van der Waals surface area contributed by atoms with Gasteiger partial charge in [-0.2, -0.15) is 0 Å². The van der Waals surface area contributed by atoms with Crippen molar-refractivity contribution in [3.05, 3.63) is 107 Å². The summed E-state index contributed by atoms with van der Waals surface area (Å²) in [6.45, 7) is 2.03. The van der Waals surface area contributed by atoms with Gasteiger partial charge in [0.1, 0.15) is 18.7 Å². The zero-order chi connectivity index (χ0) is 25.0. The van der Waals surface area contributed by atoms with Crippen molar-refractivity contribution in [1.82, 2.24) is 10.6 Å². The quantitative estimate of drug-likeness (QED) is 0.437. The molecule has 0 heterocycles. The number of esters is 1. The molecule has 35 heavy (non-hydrogen) atoms. The number of ether oxygens (including phenoxy) is 2. The second kappa shape index (κ2) is 12.9. The van der Waals surface area contributed by atoms with E-state index in [0.717, 1.165) is 22.3 Å². The molecule has 0 aliphatic carbocycles. The van der Waals surface area contributed by atoms with Gasteiger partial charge in [-0.15, -0.1) is 0 Å². The lowest BCUT2D eigenvalue weighted by Crippen LogP contribution is -2.53. The fraction of sp³-hybridized carbons (Fsp3) is 0.250. The molecule has 0 aliphatic heterocycles. The van der Waals surface area contributed by atoms with Gasteiger partial charge in [0.2, 0.25) is 5.91 Å². The Labute approximate surface area is 205 Å². The Bertz CT molecular complexity index is 1120. The Balaban J connectivity index is 1.71. The zero-order valence-electron chi connectivity index (χ0n) is 19.9. The van der Waals surface area contributed by atoms with Gasteiger partial charge in [0.25, 0.3) is 0 Å². The van der Waals surface area contributed by atoms with E-state index in [4.69, 9.17) is 9.47 Å². The molecular formula is C28H30N2O5. The smallest absolute Gasteiger partial charge is 0.408 e. The van der Waals surface area contributed by atoms with Gasteiger partial charge in [0.15, 0.2) is 0 Å². The van der Waals surface area contributed by atoms with Crippen molar-refractivity contribution >= 4 is 18.0 Å². The first-order chi connectivity index (χ1) is 16.9. The van der Waals surface area contributed by atoms with Crippen LogP contribution in [0.2, 0.25) is 0 Å². The summed E-state index contributed by atoms with van der Waals surface area (Å²) < 4.78 is 10.2. The zero-order valence-corrected chi connectivity index (χ0v) is 19.9. The van der Waals surface area contributed by atoms with Crippen molar-refractivity contribution in [1.29, 1.82) is 0 Å². The van der Waals surface area contributed by atoms with E-state index in [1.807, 2.05) is 91.9 Å². The van der Waals surface area contributed by atoms with Gasteiger partial charge < -0.3 is 20.1 Å². The number of hydrogen-bond donors (Lipinski definition) is 2. The first-order valence-electron chi connectivity index (χ1n) is 11.4. The molecule has 3 rings (SSSR count). The lowest BCUT2D eigenvalue weighted by molar-refractivity contribution is -0.145. The number of carbonyl (C=O) groups excluding carboxylic acids is 3. The van der Waals surface area contributed by atoms with Crippen molar-refractivity contribution in [2.45, 2.75) is 38.5 Å². The average molecular weight is 475 g/mol. The fourth-order valence-electron chi connectivity index (χ4n) is 3.65. The van der Waals surface area contributed by atoms with E-state index >= 15 is 0 Å². The van der Waals surface area contributed by atoms with E-state index in [1.165, 1.54) is 7.11 Å². The molecule has 2 amide bonds. The Hall–Kier alpha value is -4.13. The van der Waals surface area contributed by atoms with Crippen molar-refractivity contribution in [2.24, 2.45) is 0 Å². The maximum Gasteiger partial charge on any atom is 0.408 e. The van der Waals surface area contributed by atoms with Gasteiger partial charge in [-0.1, -0.05) is 90.5 Å². The second-order valence-electron chi connectivity index (χ2n) is 8.23. The van der Waals surface area contributed by atoms with Crippen LogP contribution in [0.4, 0.5) is 4.79 Å². The lowest BCUT2D eigenvalue weighted by Gasteiger charge is -2.22. The molecule has 0 unspecified atom stereocenters. The normalized spacial score (nSPS) is 12.2. The summed E-state index contributed by atoms with van der Waals surface area (Å²) in [7, 11) is 1.28. The summed E-state index contributed by atoms with van der Waals surface area (Å²) in [6, 6.07) is 24.4. The van der Waals surface area contributed by atoms with E-state index in [-0.39, 0.29) is 19.4 Å². The van der Waals surface area contributed by atoms with Crippen LogP contribution in [0.25, 0.3) is 0 Å². The minimum absolute atomic E-state index is 0.0739. The number of aryl methyl sites for hydroxylation is 1. The van der Waals surface area contributed by atoms with Gasteiger partial charge in [0.05, 0.1) is 7.11 Å².